The molecule has 1 atom stereocenters. The van der Waals surface area contributed by atoms with Crippen LogP contribution in [0.1, 0.15) is 17.3 Å². The highest BCUT2D eigenvalue weighted by Crippen LogP contribution is 2.12. The van der Waals surface area contributed by atoms with Gasteiger partial charge >= 0.3 is 0 Å². The van der Waals surface area contributed by atoms with Crippen LogP contribution in [0, 0.1) is 0 Å². The zero-order chi connectivity index (χ0) is 12.0. The number of nitrogens with zero attached hydrogens (tertiary/aromatic N) is 1. The number of nitrogens with one attached hydrogen (secondary N) is 2. The standard InChI is InChI=1S/C11H17N3OS/c1-8(7-16-3)14-11(15)9-4-5-13-6-10(9)12-2/h4-6,8,12H,7H2,1-3H3,(H,14,15). The van der Waals surface area contributed by atoms with Gasteiger partial charge in [-0.15, -0.1) is 0 Å². The van der Waals surface area contributed by atoms with Crippen LogP contribution in [0.25, 0.3) is 0 Å². The molecule has 0 spiro atoms. The van der Waals surface area contributed by atoms with E-state index in [1.807, 2.05) is 13.2 Å². The molecule has 1 rings (SSSR count). The second kappa shape index (κ2) is 6.37. The molecule has 0 aliphatic heterocycles. The molecule has 0 bridgehead atoms. The van der Waals surface area contributed by atoms with Gasteiger partial charge in [-0.1, -0.05) is 0 Å². The summed E-state index contributed by atoms with van der Waals surface area (Å²) in [5.74, 6) is 0.847. The molecule has 16 heavy (non-hydrogen) atoms. The number of thioether (sulfide) groups is 1. The van der Waals surface area contributed by atoms with Crippen molar-refractivity contribution in [3.8, 4) is 0 Å². The molecule has 4 nitrogen and oxygen atoms in total. The molecular weight excluding hydrogens is 222 g/mol. The van der Waals surface area contributed by atoms with Gasteiger partial charge in [0.1, 0.15) is 0 Å². The average molecular weight is 239 g/mol. The van der Waals surface area contributed by atoms with Gasteiger partial charge in [0, 0.05) is 25.0 Å². The molecule has 0 fully saturated rings. The van der Waals surface area contributed by atoms with Crippen LogP contribution in [-0.2, 0) is 0 Å². The summed E-state index contributed by atoms with van der Waals surface area (Å²) in [6.45, 7) is 1.99. The van der Waals surface area contributed by atoms with Crippen LogP contribution < -0.4 is 10.6 Å². The molecule has 1 aromatic rings. The Hall–Kier alpha value is -1.23. The maximum atomic E-state index is 11.9. The minimum atomic E-state index is -0.0618. The summed E-state index contributed by atoms with van der Waals surface area (Å²) >= 11 is 1.71. The Bertz CT molecular complexity index is 357. The Kier molecular flexibility index (Phi) is 5.11. The molecule has 88 valence electrons. The van der Waals surface area contributed by atoms with Crippen molar-refractivity contribution in [1.29, 1.82) is 0 Å². The highest BCUT2D eigenvalue weighted by atomic mass is 32.2. The van der Waals surface area contributed by atoms with Crippen LogP contribution in [0.15, 0.2) is 18.5 Å². The Morgan fingerprint density at radius 2 is 2.38 bits per heavy atom. The Balaban J connectivity index is 2.72. The van der Waals surface area contributed by atoms with Gasteiger partial charge < -0.3 is 10.6 Å². The van der Waals surface area contributed by atoms with Gasteiger partial charge in [0.25, 0.3) is 5.91 Å². The molecule has 0 saturated carbocycles. The lowest BCUT2D eigenvalue weighted by atomic mass is 10.2. The highest BCUT2D eigenvalue weighted by molar-refractivity contribution is 7.98. The fourth-order valence-corrected chi connectivity index (χ4v) is 1.97. The van der Waals surface area contributed by atoms with Gasteiger partial charge in [0.15, 0.2) is 0 Å². The number of carbonyl (C=O) groups excluding carboxylic acids is 1. The van der Waals surface area contributed by atoms with E-state index in [0.717, 1.165) is 11.4 Å². The maximum absolute atomic E-state index is 11.9. The molecule has 0 aliphatic rings. The monoisotopic (exact) mass is 239 g/mol. The van der Waals surface area contributed by atoms with E-state index in [2.05, 4.69) is 15.6 Å². The number of anilines is 1. The van der Waals surface area contributed by atoms with E-state index in [1.54, 1.807) is 37.3 Å². The number of hydrogen-bond acceptors (Lipinski definition) is 4. The molecule has 0 radical (unpaired) electrons. The molecule has 5 heteroatoms. The molecule has 1 heterocycles. The van der Waals surface area contributed by atoms with E-state index in [9.17, 15) is 4.79 Å². The van der Waals surface area contributed by atoms with Crippen LogP contribution in [-0.4, -0.2) is 36.0 Å². The topological polar surface area (TPSA) is 54.0 Å². The third-order valence-corrected chi connectivity index (χ3v) is 2.96. The third kappa shape index (κ3) is 3.41. The summed E-state index contributed by atoms with van der Waals surface area (Å²) in [6, 6.07) is 1.88. The van der Waals surface area contributed by atoms with Crippen molar-refractivity contribution < 1.29 is 4.79 Å². The lowest BCUT2D eigenvalue weighted by Crippen LogP contribution is -2.34. The van der Waals surface area contributed by atoms with Gasteiger partial charge in [0.2, 0.25) is 0 Å². The maximum Gasteiger partial charge on any atom is 0.253 e. The lowest BCUT2D eigenvalue weighted by molar-refractivity contribution is 0.0944. The van der Waals surface area contributed by atoms with E-state index in [1.165, 1.54) is 0 Å². The predicted molar refractivity (Wildman–Crippen MR) is 69.1 cm³/mol. The summed E-state index contributed by atoms with van der Waals surface area (Å²) in [5, 5.41) is 5.90. The SMILES string of the molecule is CNc1cnccc1C(=O)NC(C)CSC. The smallest absolute Gasteiger partial charge is 0.253 e. The third-order valence-electron chi connectivity index (χ3n) is 2.13. The molecule has 1 unspecified atom stereocenters. The Morgan fingerprint density at radius 3 is 3.00 bits per heavy atom. The van der Waals surface area contributed by atoms with Crippen molar-refractivity contribution >= 4 is 23.4 Å². The fraction of sp³-hybridized carbons (Fsp3) is 0.455. The first-order valence-corrected chi connectivity index (χ1v) is 6.50. The molecule has 0 aromatic carbocycles. The van der Waals surface area contributed by atoms with Crippen molar-refractivity contribution in [1.82, 2.24) is 10.3 Å². The van der Waals surface area contributed by atoms with Gasteiger partial charge in [-0.05, 0) is 19.2 Å². The molecule has 2 N–H and O–H groups in total. The largest absolute Gasteiger partial charge is 0.386 e. The number of carbonyl (C=O) groups is 1. The number of hydrogen-bond donors (Lipinski definition) is 2. The number of amides is 1. The van der Waals surface area contributed by atoms with E-state index in [4.69, 9.17) is 0 Å². The van der Waals surface area contributed by atoms with Gasteiger partial charge in [0.05, 0.1) is 17.4 Å². The van der Waals surface area contributed by atoms with Crippen molar-refractivity contribution in [3.05, 3.63) is 24.0 Å². The summed E-state index contributed by atoms with van der Waals surface area (Å²) in [6.07, 6.45) is 5.29. The zero-order valence-corrected chi connectivity index (χ0v) is 10.6. The van der Waals surface area contributed by atoms with E-state index in [0.29, 0.717) is 5.56 Å². The van der Waals surface area contributed by atoms with Gasteiger partial charge in [-0.2, -0.15) is 11.8 Å². The molecule has 1 aromatic heterocycles. The van der Waals surface area contributed by atoms with Gasteiger partial charge in [-0.3, -0.25) is 9.78 Å². The van der Waals surface area contributed by atoms with Crippen LogP contribution in [0.2, 0.25) is 0 Å². The van der Waals surface area contributed by atoms with Crippen LogP contribution in [0.4, 0.5) is 5.69 Å². The van der Waals surface area contributed by atoms with Crippen molar-refractivity contribution in [2.24, 2.45) is 0 Å². The summed E-state index contributed by atoms with van der Waals surface area (Å²) in [5.41, 5.74) is 1.38. The molecule has 0 saturated heterocycles. The Labute approximate surface area is 100 Å². The van der Waals surface area contributed by atoms with Crippen LogP contribution in [0.3, 0.4) is 0 Å². The van der Waals surface area contributed by atoms with Crippen molar-refractivity contribution in [2.45, 2.75) is 13.0 Å². The Morgan fingerprint density at radius 1 is 1.62 bits per heavy atom. The molecule has 1 amide bonds. The summed E-state index contributed by atoms with van der Waals surface area (Å²) < 4.78 is 0. The quantitative estimate of drug-likeness (QED) is 0.819. The van der Waals surface area contributed by atoms with Crippen molar-refractivity contribution in [3.63, 3.8) is 0 Å². The second-order valence-corrected chi connectivity index (χ2v) is 4.41. The summed E-state index contributed by atoms with van der Waals surface area (Å²) in [4.78, 5) is 15.9. The zero-order valence-electron chi connectivity index (χ0n) is 9.78. The first kappa shape index (κ1) is 12.8. The predicted octanol–water partition coefficient (Wildman–Crippen LogP) is 1.60. The second-order valence-electron chi connectivity index (χ2n) is 3.50. The number of pyridine rings is 1. The molecular formula is C11H17N3OS. The lowest BCUT2D eigenvalue weighted by Gasteiger charge is -2.14. The van der Waals surface area contributed by atoms with Crippen molar-refractivity contribution in [2.75, 3.05) is 24.4 Å². The fourth-order valence-electron chi connectivity index (χ4n) is 1.38. The van der Waals surface area contributed by atoms with E-state index in [-0.39, 0.29) is 11.9 Å². The van der Waals surface area contributed by atoms with Crippen LogP contribution >= 0.6 is 11.8 Å². The highest BCUT2D eigenvalue weighted by Gasteiger charge is 2.12. The van der Waals surface area contributed by atoms with E-state index < -0.39 is 0 Å². The molecule has 0 aliphatic carbocycles. The van der Waals surface area contributed by atoms with E-state index >= 15 is 0 Å². The first-order valence-electron chi connectivity index (χ1n) is 5.10. The normalized spacial score (nSPS) is 11.9. The number of rotatable bonds is 5. The summed E-state index contributed by atoms with van der Waals surface area (Å²) in [7, 11) is 1.78. The average Bonchev–Trinajstić information content (AvgIpc) is 2.29. The van der Waals surface area contributed by atoms with Gasteiger partial charge in [-0.25, -0.2) is 0 Å². The minimum absolute atomic E-state index is 0.0618. The number of aromatic nitrogens is 1. The minimum Gasteiger partial charge on any atom is -0.386 e. The first-order chi connectivity index (χ1) is 7.69. The van der Waals surface area contributed by atoms with Crippen LogP contribution in [0.5, 0.6) is 0 Å².